The van der Waals surface area contributed by atoms with E-state index >= 15 is 0 Å². The molecule has 2 aromatic rings. The molecule has 1 aromatic carbocycles. The van der Waals surface area contributed by atoms with E-state index in [0.29, 0.717) is 18.0 Å². The Hall–Kier alpha value is -1.59. The van der Waals surface area contributed by atoms with Gasteiger partial charge in [-0.05, 0) is 49.3 Å². The van der Waals surface area contributed by atoms with E-state index in [-0.39, 0.29) is 5.69 Å². The van der Waals surface area contributed by atoms with E-state index in [0.717, 1.165) is 63.0 Å². The number of benzene rings is 1. The highest BCUT2D eigenvalue weighted by atomic mass is 16.5. The minimum Gasteiger partial charge on any atom is -0.381 e. The first kappa shape index (κ1) is 16.9. The molecule has 0 unspecified atom stereocenters. The fraction of sp³-hybridized carbons (Fsp3) is 0.650. The van der Waals surface area contributed by atoms with Gasteiger partial charge in [0.1, 0.15) is 0 Å². The van der Waals surface area contributed by atoms with Crippen LogP contribution in [0.25, 0.3) is 11.0 Å². The van der Waals surface area contributed by atoms with E-state index in [4.69, 9.17) is 4.74 Å². The lowest BCUT2D eigenvalue weighted by atomic mass is 9.99. The number of nitrogens with one attached hydrogen (secondary N) is 1. The van der Waals surface area contributed by atoms with Gasteiger partial charge in [0, 0.05) is 38.4 Å². The largest absolute Gasteiger partial charge is 0.381 e. The number of H-pyrrole nitrogens is 1. The fourth-order valence-corrected chi connectivity index (χ4v) is 4.42. The predicted octanol–water partition coefficient (Wildman–Crippen LogP) is 3.27. The average molecular weight is 343 g/mol. The molecule has 2 fully saturated rings. The first-order valence-corrected chi connectivity index (χ1v) is 9.69. The van der Waals surface area contributed by atoms with E-state index in [9.17, 15) is 4.79 Å². The smallest absolute Gasteiger partial charge is 0.326 e. The Kier molecular flexibility index (Phi) is 4.69. The Morgan fingerprint density at radius 2 is 1.80 bits per heavy atom. The number of aromatic nitrogens is 2. The molecule has 3 heterocycles. The first-order valence-electron chi connectivity index (χ1n) is 9.69. The molecule has 136 valence electrons. The van der Waals surface area contributed by atoms with Gasteiger partial charge in [0.05, 0.1) is 11.0 Å². The topological polar surface area (TPSA) is 50.3 Å². The van der Waals surface area contributed by atoms with Gasteiger partial charge in [0.25, 0.3) is 0 Å². The molecule has 0 spiro atoms. The maximum atomic E-state index is 12.6. The Morgan fingerprint density at radius 1 is 1.08 bits per heavy atom. The zero-order chi connectivity index (χ0) is 17.4. The number of hydrogen-bond acceptors (Lipinski definition) is 3. The third kappa shape index (κ3) is 3.27. The summed E-state index contributed by atoms with van der Waals surface area (Å²) < 4.78 is 7.51. The predicted molar refractivity (Wildman–Crippen MR) is 100 cm³/mol. The monoisotopic (exact) mass is 343 g/mol. The SMILES string of the molecule is CC(C)c1ccc2[nH]c(=O)n(C3CCN(C4CCOCC4)CC3)c2c1. The summed E-state index contributed by atoms with van der Waals surface area (Å²) in [6.45, 7) is 8.34. The van der Waals surface area contributed by atoms with Crippen molar-refractivity contribution in [1.29, 1.82) is 0 Å². The molecule has 1 N–H and O–H groups in total. The van der Waals surface area contributed by atoms with Crippen LogP contribution in [0, 0.1) is 0 Å². The molecule has 0 saturated carbocycles. The molecule has 0 atom stereocenters. The highest BCUT2D eigenvalue weighted by Gasteiger charge is 2.28. The van der Waals surface area contributed by atoms with Gasteiger partial charge in [0.2, 0.25) is 0 Å². The summed E-state index contributed by atoms with van der Waals surface area (Å²) in [5.41, 5.74) is 3.36. The van der Waals surface area contributed by atoms with Crippen LogP contribution < -0.4 is 5.69 Å². The maximum absolute atomic E-state index is 12.6. The summed E-state index contributed by atoms with van der Waals surface area (Å²) >= 11 is 0. The number of hydrogen-bond donors (Lipinski definition) is 1. The maximum Gasteiger partial charge on any atom is 0.326 e. The van der Waals surface area contributed by atoms with Crippen LogP contribution in [0.1, 0.15) is 57.1 Å². The number of imidazole rings is 1. The fourth-order valence-electron chi connectivity index (χ4n) is 4.42. The highest BCUT2D eigenvalue weighted by Crippen LogP contribution is 2.29. The van der Waals surface area contributed by atoms with Crippen molar-refractivity contribution in [2.24, 2.45) is 0 Å². The average Bonchev–Trinajstić information content (AvgIpc) is 2.97. The molecule has 2 aliphatic rings. The lowest BCUT2D eigenvalue weighted by molar-refractivity contribution is 0.0220. The molecule has 5 nitrogen and oxygen atoms in total. The molecule has 1 aromatic heterocycles. The molecule has 25 heavy (non-hydrogen) atoms. The number of ether oxygens (including phenoxy) is 1. The van der Waals surface area contributed by atoms with Crippen LogP contribution in [0.2, 0.25) is 0 Å². The summed E-state index contributed by atoms with van der Waals surface area (Å²) in [4.78, 5) is 18.2. The Morgan fingerprint density at radius 3 is 2.48 bits per heavy atom. The summed E-state index contributed by atoms with van der Waals surface area (Å²) in [6, 6.07) is 7.35. The van der Waals surface area contributed by atoms with Gasteiger partial charge in [-0.2, -0.15) is 0 Å². The zero-order valence-corrected chi connectivity index (χ0v) is 15.3. The van der Waals surface area contributed by atoms with Gasteiger partial charge < -0.3 is 14.6 Å². The van der Waals surface area contributed by atoms with Gasteiger partial charge in [-0.25, -0.2) is 4.79 Å². The second kappa shape index (κ2) is 6.96. The number of aromatic amines is 1. The zero-order valence-electron chi connectivity index (χ0n) is 15.3. The molecule has 2 aliphatic heterocycles. The number of fused-ring (bicyclic) bond motifs is 1. The van der Waals surface area contributed by atoms with Crippen molar-refractivity contribution in [2.75, 3.05) is 26.3 Å². The van der Waals surface area contributed by atoms with Crippen LogP contribution in [0.15, 0.2) is 23.0 Å². The van der Waals surface area contributed by atoms with Crippen molar-refractivity contribution < 1.29 is 4.74 Å². The van der Waals surface area contributed by atoms with Gasteiger partial charge in [-0.3, -0.25) is 4.57 Å². The number of likely N-dealkylation sites (tertiary alicyclic amines) is 1. The minimum absolute atomic E-state index is 0.0421. The summed E-state index contributed by atoms with van der Waals surface area (Å²) in [7, 11) is 0. The van der Waals surface area contributed by atoms with Crippen LogP contribution >= 0.6 is 0 Å². The number of nitrogens with zero attached hydrogens (tertiary/aromatic N) is 2. The van der Waals surface area contributed by atoms with E-state index in [1.807, 2.05) is 4.57 Å². The highest BCUT2D eigenvalue weighted by molar-refractivity contribution is 5.76. The summed E-state index contributed by atoms with van der Waals surface area (Å²) in [6.07, 6.45) is 4.40. The molecular weight excluding hydrogens is 314 g/mol. The van der Waals surface area contributed by atoms with Crippen LogP contribution in [0.3, 0.4) is 0 Å². The lowest BCUT2D eigenvalue weighted by Crippen LogP contribution is -2.45. The van der Waals surface area contributed by atoms with E-state index in [1.165, 1.54) is 5.56 Å². The summed E-state index contributed by atoms with van der Waals surface area (Å²) in [5.74, 6) is 0.471. The van der Waals surface area contributed by atoms with Gasteiger partial charge in [-0.1, -0.05) is 19.9 Å². The second-order valence-electron chi connectivity index (χ2n) is 7.84. The van der Waals surface area contributed by atoms with Crippen LogP contribution in [0.5, 0.6) is 0 Å². The van der Waals surface area contributed by atoms with Gasteiger partial charge in [0.15, 0.2) is 0 Å². The van der Waals surface area contributed by atoms with Crippen molar-refractivity contribution in [2.45, 2.75) is 57.5 Å². The van der Waals surface area contributed by atoms with Crippen LogP contribution in [-0.2, 0) is 4.74 Å². The molecule has 0 radical (unpaired) electrons. The standard InChI is InChI=1S/C20H29N3O2/c1-14(2)15-3-4-18-19(13-15)23(20(24)21-18)17-5-9-22(10-6-17)16-7-11-25-12-8-16/h3-4,13-14,16-17H,5-12H2,1-2H3,(H,21,24). The first-order chi connectivity index (χ1) is 12.1. The molecule has 4 rings (SSSR count). The Labute approximate surface area is 149 Å². The van der Waals surface area contributed by atoms with Crippen molar-refractivity contribution in [1.82, 2.24) is 14.5 Å². The van der Waals surface area contributed by atoms with Crippen LogP contribution in [0.4, 0.5) is 0 Å². The van der Waals surface area contributed by atoms with Gasteiger partial charge in [-0.15, -0.1) is 0 Å². The molecule has 0 bridgehead atoms. The summed E-state index contributed by atoms with van der Waals surface area (Å²) in [5, 5.41) is 0. The van der Waals surface area contributed by atoms with Crippen molar-refractivity contribution >= 4 is 11.0 Å². The molecule has 0 amide bonds. The van der Waals surface area contributed by atoms with Crippen molar-refractivity contribution in [3.8, 4) is 0 Å². The minimum atomic E-state index is 0.0421. The third-order valence-corrected chi connectivity index (χ3v) is 5.98. The van der Waals surface area contributed by atoms with E-state index < -0.39 is 0 Å². The molecule has 5 heteroatoms. The van der Waals surface area contributed by atoms with E-state index in [2.05, 4.69) is 41.9 Å². The normalized spacial score (nSPS) is 21.4. The molecule has 2 saturated heterocycles. The van der Waals surface area contributed by atoms with Gasteiger partial charge >= 0.3 is 5.69 Å². The Balaban J connectivity index is 1.55. The van der Waals surface area contributed by atoms with E-state index in [1.54, 1.807) is 0 Å². The Bertz CT molecular complexity index is 778. The van der Waals surface area contributed by atoms with Crippen LogP contribution in [-0.4, -0.2) is 46.8 Å². The molecule has 0 aliphatic carbocycles. The quantitative estimate of drug-likeness (QED) is 0.930. The third-order valence-electron chi connectivity index (χ3n) is 5.98. The number of piperidine rings is 1. The second-order valence-corrected chi connectivity index (χ2v) is 7.84. The lowest BCUT2D eigenvalue weighted by Gasteiger charge is -2.39. The molecular formula is C20H29N3O2. The van der Waals surface area contributed by atoms with Crippen molar-refractivity contribution in [3.05, 3.63) is 34.2 Å². The number of rotatable bonds is 3. The van der Waals surface area contributed by atoms with Crippen molar-refractivity contribution in [3.63, 3.8) is 0 Å².